The van der Waals surface area contributed by atoms with Gasteiger partial charge in [0, 0.05) is 4.47 Å². The summed E-state index contributed by atoms with van der Waals surface area (Å²) in [5.74, 6) is 0.881. The van der Waals surface area contributed by atoms with Crippen LogP contribution in [0, 0.1) is 6.92 Å². The molecule has 0 saturated carbocycles. The van der Waals surface area contributed by atoms with Gasteiger partial charge in [0.25, 0.3) is 0 Å². The maximum Gasteiger partial charge on any atom is 0.120 e. The first-order valence-electron chi connectivity index (χ1n) is 3.48. The van der Waals surface area contributed by atoms with Crippen molar-refractivity contribution in [3.05, 3.63) is 35.2 Å². The van der Waals surface area contributed by atoms with E-state index in [4.69, 9.17) is 4.74 Å². The average molecular weight is 214 g/mol. The first-order valence-corrected chi connectivity index (χ1v) is 4.27. The zero-order valence-corrected chi connectivity index (χ0v) is 8.02. The molecule has 1 rings (SSSR count). The molecule has 0 bridgehead atoms. The molecule has 2 heteroatoms. The van der Waals surface area contributed by atoms with E-state index in [1.54, 1.807) is 0 Å². The van der Waals surface area contributed by atoms with Crippen LogP contribution in [0.3, 0.4) is 0 Å². The summed E-state index contributed by atoms with van der Waals surface area (Å²) in [5.41, 5.74) is 0.980. The highest BCUT2D eigenvalue weighted by atomic mass is 79.9. The van der Waals surface area contributed by atoms with Crippen molar-refractivity contribution in [1.82, 2.24) is 0 Å². The highest BCUT2D eigenvalue weighted by Gasteiger charge is 1.96. The molecule has 0 aromatic heterocycles. The molecule has 0 aliphatic rings. The third-order valence-corrected chi connectivity index (χ3v) is 2.07. The number of benzene rings is 1. The number of ether oxygens (including phenoxy) is 1. The summed E-state index contributed by atoms with van der Waals surface area (Å²) in [7, 11) is 0. The van der Waals surface area contributed by atoms with Crippen LogP contribution in [0.4, 0.5) is 0 Å². The maximum atomic E-state index is 5.28. The second-order valence-corrected chi connectivity index (χ2v) is 3.04. The molecule has 0 heterocycles. The van der Waals surface area contributed by atoms with Crippen LogP contribution in [0.5, 0.6) is 5.75 Å². The molecule has 0 unspecified atom stereocenters. The van der Waals surface area contributed by atoms with Gasteiger partial charge < -0.3 is 4.74 Å². The second kappa shape index (κ2) is 3.77. The molecule has 0 atom stereocenters. The van der Waals surface area contributed by atoms with Gasteiger partial charge in [0.15, 0.2) is 0 Å². The van der Waals surface area contributed by atoms with Gasteiger partial charge in [-0.3, -0.25) is 0 Å². The van der Waals surface area contributed by atoms with E-state index in [2.05, 4.69) is 22.9 Å². The lowest BCUT2D eigenvalue weighted by atomic mass is 10.2. The zero-order chi connectivity index (χ0) is 8.27. The van der Waals surface area contributed by atoms with Crippen molar-refractivity contribution in [3.8, 4) is 5.75 Å². The molecule has 0 aliphatic carbocycles. The van der Waals surface area contributed by atoms with Gasteiger partial charge in [-0.2, -0.15) is 0 Å². The van der Waals surface area contributed by atoms with Gasteiger partial charge in [-0.1, -0.05) is 22.0 Å². The quantitative estimate of drug-likeness (QED) is 0.735. The summed E-state index contributed by atoms with van der Waals surface area (Å²) in [6.45, 7) is 6.48. The summed E-state index contributed by atoms with van der Waals surface area (Å²) < 4.78 is 6.27. The minimum atomic E-state index is 0.697. The number of rotatable bonds is 2. The minimum absolute atomic E-state index is 0.697. The molecular formula is C9H10BrO. The fourth-order valence-corrected chi connectivity index (χ4v) is 1.14. The molecule has 0 N–H and O–H groups in total. The van der Waals surface area contributed by atoms with Crippen LogP contribution in [0.15, 0.2) is 22.7 Å². The molecule has 0 fully saturated rings. The third kappa shape index (κ3) is 2.22. The molecule has 0 spiro atoms. The standard InChI is InChI=1S/C9H10BrO/c1-3-11-8-5-4-7(2)9(10)6-8/h4-6H,2-3H2,1H3. The van der Waals surface area contributed by atoms with Gasteiger partial charge in [0.2, 0.25) is 0 Å². The van der Waals surface area contributed by atoms with Crippen LogP contribution in [0.2, 0.25) is 0 Å². The van der Waals surface area contributed by atoms with Crippen LogP contribution in [-0.2, 0) is 0 Å². The predicted molar refractivity (Wildman–Crippen MR) is 49.8 cm³/mol. The molecule has 11 heavy (non-hydrogen) atoms. The van der Waals surface area contributed by atoms with Crippen LogP contribution in [0.1, 0.15) is 12.5 Å². The van der Waals surface area contributed by atoms with Crippen molar-refractivity contribution in [3.63, 3.8) is 0 Å². The highest BCUT2D eigenvalue weighted by Crippen LogP contribution is 2.21. The van der Waals surface area contributed by atoms with Gasteiger partial charge in [0.1, 0.15) is 5.75 Å². The number of hydrogen-bond acceptors (Lipinski definition) is 1. The Morgan fingerprint density at radius 1 is 1.55 bits per heavy atom. The largest absolute Gasteiger partial charge is 0.494 e. The maximum absolute atomic E-state index is 5.28. The van der Waals surface area contributed by atoms with E-state index in [0.29, 0.717) is 6.61 Å². The van der Waals surface area contributed by atoms with E-state index in [9.17, 15) is 0 Å². The molecular weight excluding hydrogens is 204 g/mol. The van der Waals surface area contributed by atoms with Crippen molar-refractivity contribution < 1.29 is 4.74 Å². The lowest BCUT2D eigenvalue weighted by molar-refractivity contribution is 0.340. The Bertz CT molecular complexity index is 245. The second-order valence-electron chi connectivity index (χ2n) is 2.19. The molecule has 1 radical (unpaired) electrons. The Hall–Kier alpha value is -0.500. The number of halogens is 1. The Balaban J connectivity index is 2.86. The molecule has 59 valence electrons. The van der Waals surface area contributed by atoms with Gasteiger partial charge in [0.05, 0.1) is 6.61 Å². The normalized spacial score (nSPS) is 9.73. The van der Waals surface area contributed by atoms with E-state index < -0.39 is 0 Å². The van der Waals surface area contributed by atoms with Gasteiger partial charge in [-0.15, -0.1) is 0 Å². The minimum Gasteiger partial charge on any atom is -0.494 e. The third-order valence-electron chi connectivity index (χ3n) is 1.34. The fourth-order valence-electron chi connectivity index (χ4n) is 0.784. The van der Waals surface area contributed by atoms with Crippen LogP contribution in [0.25, 0.3) is 0 Å². The Kier molecular flexibility index (Phi) is 2.94. The summed E-state index contributed by atoms with van der Waals surface area (Å²) in [4.78, 5) is 0. The van der Waals surface area contributed by atoms with Gasteiger partial charge in [-0.25, -0.2) is 0 Å². The molecule has 1 aromatic carbocycles. The van der Waals surface area contributed by atoms with Crippen molar-refractivity contribution in [1.29, 1.82) is 0 Å². The van der Waals surface area contributed by atoms with Crippen molar-refractivity contribution in [2.75, 3.05) is 6.61 Å². The van der Waals surface area contributed by atoms with Crippen molar-refractivity contribution >= 4 is 15.9 Å². The zero-order valence-electron chi connectivity index (χ0n) is 6.43. The molecule has 1 aromatic rings. The van der Waals surface area contributed by atoms with E-state index >= 15 is 0 Å². The summed E-state index contributed by atoms with van der Waals surface area (Å²) in [6.07, 6.45) is 0. The molecule has 1 nitrogen and oxygen atoms in total. The van der Waals surface area contributed by atoms with E-state index in [1.165, 1.54) is 0 Å². The molecule has 0 amide bonds. The van der Waals surface area contributed by atoms with E-state index in [0.717, 1.165) is 15.8 Å². The van der Waals surface area contributed by atoms with Crippen LogP contribution < -0.4 is 4.74 Å². The predicted octanol–water partition coefficient (Wildman–Crippen LogP) is 3.03. The van der Waals surface area contributed by atoms with E-state index in [-0.39, 0.29) is 0 Å². The topological polar surface area (TPSA) is 9.23 Å². The summed E-state index contributed by atoms with van der Waals surface area (Å²) in [6, 6.07) is 5.76. The summed E-state index contributed by atoms with van der Waals surface area (Å²) >= 11 is 3.37. The first-order chi connectivity index (χ1) is 5.24. The SMILES string of the molecule is [CH2]c1ccc(OCC)cc1Br. The van der Waals surface area contributed by atoms with Crippen molar-refractivity contribution in [2.45, 2.75) is 6.92 Å². The van der Waals surface area contributed by atoms with Crippen molar-refractivity contribution in [2.24, 2.45) is 0 Å². The van der Waals surface area contributed by atoms with Gasteiger partial charge >= 0.3 is 0 Å². The smallest absolute Gasteiger partial charge is 0.120 e. The molecule has 0 aliphatic heterocycles. The molecule has 0 saturated heterocycles. The Morgan fingerprint density at radius 3 is 2.82 bits per heavy atom. The van der Waals surface area contributed by atoms with Gasteiger partial charge in [-0.05, 0) is 31.5 Å². The van der Waals surface area contributed by atoms with Crippen LogP contribution in [-0.4, -0.2) is 6.61 Å². The lowest BCUT2D eigenvalue weighted by Gasteiger charge is -2.03. The summed E-state index contributed by atoms with van der Waals surface area (Å²) in [5, 5.41) is 0. The van der Waals surface area contributed by atoms with Crippen LogP contribution >= 0.6 is 15.9 Å². The monoisotopic (exact) mass is 213 g/mol. The number of hydrogen-bond donors (Lipinski definition) is 0. The average Bonchev–Trinajstić information content (AvgIpc) is 1.98. The Morgan fingerprint density at radius 2 is 2.27 bits per heavy atom. The van der Waals surface area contributed by atoms with E-state index in [1.807, 2.05) is 25.1 Å². The highest BCUT2D eigenvalue weighted by molar-refractivity contribution is 9.10. The lowest BCUT2D eigenvalue weighted by Crippen LogP contribution is -1.91. The Labute approximate surface area is 75.5 Å². The first kappa shape index (κ1) is 8.60. The fraction of sp³-hybridized carbons (Fsp3) is 0.222.